The van der Waals surface area contributed by atoms with Gasteiger partial charge in [0, 0.05) is 22.2 Å². The first-order valence-corrected chi connectivity index (χ1v) is 10.9. The number of halogens is 2. The van der Waals surface area contributed by atoms with Crippen molar-refractivity contribution in [3.63, 3.8) is 0 Å². The zero-order valence-electron chi connectivity index (χ0n) is 16.0. The quantitative estimate of drug-likeness (QED) is 0.374. The normalized spacial score (nSPS) is 13.5. The van der Waals surface area contributed by atoms with E-state index in [9.17, 15) is 5.11 Å². The molecule has 1 unspecified atom stereocenters. The van der Waals surface area contributed by atoms with Gasteiger partial charge < -0.3 is 10.4 Å². The van der Waals surface area contributed by atoms with E-state index in [-0.39, 0.29) is 0 Å². The van der Waals surface area contributed by atoms with Gasteiger partial charge in [-0.25, -0.2) is 0 Å². The molecule has 2 aromatic carbocycles. The highest BCUT2D eigenvalue weighted by Crippen LogP contribution is 2.43. The molecule has 4 heteroatoms. The second-order valence-electron chi connectivity index (χ2n) is 7.45. The Kier molecular flexibility index (Phi) is 7.60. The Morgan fingerprint density at radius 3 is 2.56 bits per heavy atom. The minimum Gasteiger partial charge on any atom is -0.387 e. The van der Waals surface area contributed by atoms with E-state index in [0.717, 1.165) is 41.1 Å². The Morgan fingerprint density at radius 2 is 1.74 bits per heavy atom. The fourth-order valence-corrected chi connectivity index (χ4v) is 4.47. The van der Waals surface area contributed by atoms with E-state index in [1.165, 1.54) is 43.2 Å². The number of rotatable bonds is 10. The fourth-order valence-electron chi connectivity index (χ4n) is 3.97. The lowest BCUT2D eigenvalue weighted by Crippen LogP contribution is -2.23. The molecule has 0 saturated carbocycles. The highest BCUT2D eigenvalue weighted by molar-refractivity contribution is 6.32. The molecule has 0 aromatic heterocycles. The maximum Gasteiger partial charge on any atom is 0.0931 e. The molecular weight excluding hydrogens is 377 g/mol. The van der Waals surface area contributed by atoms with Gasteiger partial charge >= 0.3 is 0 Å². The molecule has 0 saturated heterocycles. The van der Waals surface area contributed by atoms with E-state index in [4.69, 9.17) is 23.2 Å². The first-order valence-electron chi connectivity index (χ1n) is 10.1. The topological polar surface area (TPSA) is 32.3 Å². The van der Waals surface area contributed by atoms with Gasteiger partial charge in [-0.05, 0) is 59.8 Å². The Bertz CT molecular complexity index is 775. The number of benzene rings is 2. The van der Waals surface area contributed by atoms with Crippen LogP contribution in [0.5, 0.6) is 0 Å². The third-order valence-corrected chi connectivity index (χ3v) is 5.97. The van der Waals surface area contributed by atoms with Crippen LogP contribution in [0.25, 0.3) is 11.1 Å². The van der Waals surface area contributed by atoms with Crippen molar-refractivity contribution in [2.75, 3.05) is 13.1 Å². The average Bonchev–Trinajstić information content (AvgIpc) is 3.00. The number of nitrogens with one attached hydrogen (secondary N) is 1. The Balaban J connectivity index is 1.59. The summed E-state index contributed by atoms with van der Waals surface area (Å²) in [5, 5.41) is 15.6. The zero-order valence-corrected chi connectivity index (χ0v) is 17.5. The van der Waals surface area contributed by atoms with Crippen molar-refractivity contribution in [2.45, 2.75) is 58.0 Å². The summed E-state index contributed by atoms with van der Waals surface area (Å²) in [4.78, 5) is 0. The number of hydrogen-bond donors (Lipinski definition) is 2. The van der Waals surface area contributed by atoms with Crippen LogP contribution in [0.1, 0.15) is 68.2 Å². The second-order valence-corrected chi connectivity index (χ2v) is 8.30. The second kappa shape index (κ2) is 9.93. The van der Waals surface area contributed by atoms with Gasteiger partial charge in [0.15, 0.2) is 0 Å². The molecule has 0 amide bonds. The molecule has 0 fully saturated rings. The molecule has 0 spiro atoms. The average molecular weight is 406 g/mol. The van der Waals surface area contributed by atoms with Crippen molar-refractivity contribution in [3.8, 4) is 11.1 Å². The number of unbranched alkanes of at least 4 members (excludes halogenated alkanes) is 5. The van der Waals surface area contributed by atoms with Crippen LogP contribution in [0.4, 0.5) is 0 Å². The van der Waals surface area contributed by atoms with Crippen LogP contribution < -0.4 is 5.32 Å². The van der Waals surface area contributed by atoms with Gasteiger partial charge in [-0.2, -0.15) is 0 Å². The van der Waals surface area contributed by atoms with Crippen molar-refractivity contribution in [1.82, 2.24) is 5.32 Å². The van der Waals surface area contributed by atoms with Crippen LogP contribution in [0.15, 0.2) is 30.3 Å². The monoisotopic (exact) mass is 405 g/mol. The number of aliphatic hydroxyl groups is 1. The molecule has 2 nitrogen and oxygen atoms in total. The molecule has 0 heterocycles. The highest BCUT2D eigenvalue weighted by Gasteiger charge is 2.26. The Labute approximate surface area is 172 Å². The molecule has 27 heavy (non-hydrogen) atoms. The van der Waals surface area contributed by atoms with Gasteiger partial charge in [0.25, 0.3) is 0 Å². The van der Waals surface area contributed by atoms with E-state index in [2.05, 4.69) is 24.4 Å². The van der Waals surface area contributed by atoms with Gasteiger partial charge in [-0.1, -0.05) is 74.4 Å². The highest BCUT2D eigenvalue weighted by atomic mass is 35.5. The van der Waals surface area contributed by atoms with E-state index < -0.39 is 6.10 Å². The minimum absolute atomic E-state index is 0.530. The largest absolute Gasteiger partial charge is 0.387 e. The molecule has 0 bridgehead atoms. The molecule has 3 rings (SSSR count). The predicted octanol–water partition coefficient (Wildman–Crippen LogP) is 6.55. The van der Waals surface area contributed by atoms with E-state index >= 15 is 0 Å². The first kappa shape index (κ1) is 20.7. The van der Waals surface area contributed by atoms with Crippen molar-refractivity contribution < 1.29 is 5.11 Å². The lowest BCUT2D eigenvalue weighted by Gasteiger charge is -2.18. The van der Waals surface area contributed by atoms with Crippen LogP contribution in [0.3, 0.4) is 0 Å². The molecule has 1 aliphatic carbocycles. The van der Waals surface area contributed by atoms with E-state index in [0.29, 0.717) is 11.6 Å². The summed E-state index contributed by atoms with van der Waals surface area (Å²) >= 11 is 12.6. The van der Waals surface area contributed by atoms with Gasteiger partial charge in [0.05, 0.1) is 6.10 Å². The SMILES string of the molecule is CCCCCCCCNCC(O)c1c(Cl)ccc2c1Cc1cc(Cl)ccc1-2. The van der Waals surface area contributed by atoms with Crippen LogP contribution in [-0.2, 0) is 6.42 Å². The number of aliphatic hydroxyl groups excluding tert-OH is 1. The lowest BCUT2D eigenvalue weighted by molar-refractivity contribution is 0.174. The summed E-state index contributed by atoms with van der Waals surface area (Å²) in [7, 11) is 0. The predicted molar refractivity (Wildman–Crippen MR) is 116 cm³/mol. The first-order chi connectivity index (χ1) is 13.1. The maximum atomic E-state index is 10.8. The standard InChI is InChI=1S/C23H29Cl2NO/c1-2-3-4-5-6-7-12-26-15-22(27)23-20-14-16-13-17(24)8-9-18(16)19(20)10-11-21(23)25/h8-11,13,22,26-27H,2-7,12,14-15H2,1H3. The van der Waals surface area contributed by atoms with Crippen LogP contribution >= 0.6 is 23.2 Å². The van der Waals surface area contributed by atoms with Gasteiger partial charge in [-0.3, -0.25) is 0 Å². The fraction of sp³-hybridized carbons (Fsp3) is 0.478. The van der Waals surface area contributed by atoms with Crippen LogP contribution in [0.2, 0.25) is 10.0 Å². The summed E-state index contributed by atoms with van der Waals surface area (Å²) < 4.78 is 0. The zero-order chi connectivity index (χ0) is 19.2. The smallest absolute Gasteiger partial charge is 0.0931 e. The molecule has 0 radical (unpaired) electrons. The van der Waals surface area contributed by atoms with Crippen molar-refractivity contribution in [3.05, 3.63) is 57.1 Å². The summed E-state index contributed by atoms with van der Waals surface area (Å²) in [6.07, 6.45) is 7.82. The maximum absolute atomic E-state index is 10.8. The Hall–Kier alpha value is -1.06. The van der Waals surface area contributed by atoms with Gasteiger partial charge in [0.1, 0.15) is 0 Å². The Morgan fingerprint density at radius 1 is 1.00 bits per heavy atom. The number of hydrogen-bond acceptors (Lipinski definition) is 2. The molecule has 0 aliphatic heterocycles. The molecule has 2 N–H and O–H groups in total. The summed E-state index contributed by atoms with van der Waals surface area (Å²) in [6.45, 7) is 3.70. The van der Waals surface area contributed by atoms with E-state index in [1.54, 1.807) is 0 Å². The lowest BCUT2D eigenvalue weighted by atomic mass is 9.97. The van der Waals surface area contributed by atoms with Crippen LogP contribution in [0, 0.1) is 0 Å². The van der Waals surface area contributed by atoms with Gasteiger partial charge in [-0.15, -0.1) is 0 Å². The third-order valence-electron chi connectivity index (χ3n) is 5.41. The molecule has 2 aromatic rings. The summed E-state index contributed by atoms with van der Waals surface area (Å²) in [5.41, 5.74) is 5.55. The number of fused-ring (bicyclic) bond motifs is 3. The van der Waals surface area contributed by atoms with E-state index in [1.807, 2.05) is 18.2 Å². The summed E-state index contributed by atoms with van der Waals surface area (Å²) in [6, 6.07) is 9.94. The minimum atomic E-state index is -0.600. The van der Waals surface area contributed by atoms with Gasteiger partial charge in [0.2, 0.25) is 0 Å². The molecule has 146 valence electrons. The molecule has 1 atom stereocenters. The summed E-state index contributed by atoms with van der Waals surface area (Å²) in [5.74, 6) is 0. The van der Waals surface area contributed by atoms with Crippen molar-refractivity contribution in [1.29, 1.82) is 0 Å². The third kappa shape index (κ3) is 5.06. The van der Waals surface area contributed by atoms with Crippen LogP contribution in [-0.4, -0.2) is 18.2 Å². The molecular formula is C23H29Cl2NO. The van der Waals surface area contributed by atoms with Crippen molar-refractivity contribution in [2.24, 2.45) is 0 Å². The molecule has 1 aliphatic rings. The van der Waals surface area contributed by atoms with Crippen molar-refractivity contribution >= 4 is 23.2 Å².